The Morgan fingerprint density at radius 3 is 2.11 bits per heavy atom. The molecule has 7 nitrogen and oxygen atoms in total. The van der Waals surface area contributed by atoms with Gasteiger partial charge in [0.2, 0.25) is 0 Å². The molecule has 0 radical (unpaired) electrons. The average molecular weight is 604 g/mol. The molecule has 4 aromatic carbocycles. The smallest absolute Gasteiger partial charge is 0.508 e. The summed E-state index contributed by atoms with van der Waals surface area (Å²) in [6, 6.07) is 24.3. The minimum Gasteiger partial charge on any atom is -0.508 e. The van der Waals surface area contributed by atoms with Gasteiger partial charge in [-0.2, -0.15) is 0 Å². The van der Waals surface area contributed by atoms with Crippen LogP contribution in [0.2, 0.25) is 0 Å². The van der Waals surface area contributed by atoms with Gasteiger partial charge in [-0.25, -0.2) is 4.98 Å². The number of nitrogens with one attached hydrogen (secondary N) is 1. The number of aryl methyl sites for hydroxylation is 1. The van der Waals surface area contributed by atoms with Crippen molar-refractivity contribution in [1.29, 1.82) is 0 Å². The Labute approximate surface area is 253 Å². The Morgan fingerprint density at radius 2 is 1.45 bits per heavy atom. The van der Waals surface area contributed by atoms with Crippen LogP contribution >= 0.6 is 0 Å². The molecule has 0 bridgehead atoms. The molecule has 0 saturated heterocycles. The summed E-state index contributed by atoms with van der Waals surface area (Å²) >= 11 is 0. The zero-order valence-electron chi connectivity index (χ0n) is 24.3. The number of rotatable bonds is 12. The van der Waals surface area contributed by atoms with E-state index in [1.165, 1.54) is 12.1 Å². The van der Waals surface area contributed by atoms with E-state index in [-0.39, 0.29) is 11.5 Å². The molecule has 0 spiro atoms. The molecule has 0 unspecified atom stereocenters. The standard InChI is InChI=1S/C34H32F3N3O4/c1-22-6-12-29(44-34(35,36)37)21-31(22)38-23(2)24-7-13-27(14-8-24)42-18-4-3-5-19-43-28-15-9-25(10-16-28)33-39-30-17-11-26(41)20-32(30)40-33/h6-17,20-21,41H,3-5,18-19H2,1-2H3,(H,39,40)/b38-23+. The van der Waals surface area contributed by atoms with Crippen molar-refractivity contribution < 1.29 is 32.5 Å². The Balaban J connectivity index is 1.02. The van der Waals surface area contributed by atoms with E-state index in [9.17, 15) is 18.3 Å². The fraction of sp³-hybridized carbons (Fsp3) is 0.235. The van der Waals surface area contributed by atoms with E-state index in [4.69, 9.17) is 9.47 Å². The Morgan fingerprint density at radius 1 is 0.818 bits per heavy atom. The van der Waals surface area contributed by atoms with Gasteiger partial charge in [-0.1, -0.05) is 6.07 Å². The number of imidazole rings is 1. The summed E-state index contributed by atoms with van der Waals surface area (Å²) in [6.45, 7) is 4.75. The maximum absolute atomic E-state index is 12.6. The van der Waals surface area contributed by atoms with Gasteiger partial charge in [-0.05, 0) is 111 Å². The van der Waals surface area contributed by atoms with Crippen molar-refractivity contribution in [1.82, 2.24) is 9.97 Å². The van der Waals surface area contributed by atoms with E-state index in [0.717, 1.165) is 58.8 Å². The second-order valence-corrected chi connectivity index (χ2v) is 10.3. The third kappa shape index (κ3) is 8.31. The largest absolute Gasteiger partial charge is 0.573 e. The zero-order chi connectivity index (χ0) is 31.1. The second kappa shape index (κ2) is 13.5. The molecule has 0 aliphatic heterocycles. The summed E-state index contributed by atoms with van der Waals surface area (Å²) in [4.78, 5) is 12.3. The van der Waals surface area contributed by atoms with Crippen molar-refractivity contribution in [3.63, 3.8) is 0 Å². The molecule has 5 aromatic rings. The Hall–Kier alpha value is -4.99. The van der Waals surface area contributed by atoms with Gasteiger partial charge in [0.1, 0.15) is 28.8 Å². The summed E-state index contributed by atoms with van der Waals surface area (Å²) in [6.07, 6.45) is -2.04. The van der Waals surface area contributed by atoms with Gasteiger partial charge in [-0.15, -0.1) is 13.2 Å². The van der Waals surface area contributed by atoms with Crippen LogP contribution in [0.1, 0.15) is 37.3 Å². The highest BCUT2D eigenvalue weighted by Crippen LogP contribution is 2.30. The second-order valence-electron chi connectivity index (χ2n) is 10.3. The predicted octanol–water partition coefficient (Wildman–Crippen LogP) is 8.91. The number of benzene rings is 4. The van der Waals surface area contributed by atoms with Gasteiger partial charge >= 0.3 is 6.36 Å². The van der Waals surface area contributed by atoms with Crippen LogP contribution in [0.4, 0.5) is 18.9 Å². The molecule has 2 N–H and O–H groups in total. The number of phenolic OH excluding ortho intramolecular Hbond substituents is 1. The van der Waals surface area contributed by atoms with E-state index < -0.39 is 6.36 Å². The molecular formula is C34H32F3N3O4. The topological polar surface area (TPSA) is 89.0 Å². The molecule has 0 amide bonds. The number of fused-ring (bicyclic) bond motifs is 1. The number of alkyl halides is 3. The SMILES string of the molecule is C/C(=N\c1cc(OC(F)(F)F)ccc1C)c1ccc(OCCCCCOc2ccc(-c3nc4cc(O)ccc4[nH]3)cc2)cc1. The van der Waals surface area contributed by atoms with Crippen molar-refractivity contribution in [3.05, 3.63) is 96.1 Å². The molecule has 1 aromatic heterocycles. The van der Waals surface area contributed by atoms with Crippen molar-refractivity contribution in [2.75, 3.05) is 13.2 Å². The molecule has 0 saturated carbocycles. The normalized spacial score (nSPS) is 12.0. The van der Waals surface area contributed by atoms with Gasteiger partial charge in [0.15, 0.2) is 0 Å². The number of unbranched alkanes of at least 4 members (excludes halogenated alkanes) is 2. The minimum absolute atomic E-state index is 0.183. The molecule has 5 rings (SSSR count). The summed E-state index contributed by atoms with van der Waals surface area (Å²) in [5.41, 5.74) is 5.15. The summed E-state index contributed by atoms with van der Waals surface area (Å²) in [5, 5.41) is 9.64. The predicted molar refractivity (Wildman–Crippen MR) is 164 cm³/mol. The number of aromatic nitrogens is 2. The average Bonchev–Trinajstić information content (AvgIpc) is 3.41. The number of aromatic amines is 1. The van der Waals surface area contributed by atoms with Crippen LogP contribution in [0.25, 0.3) is 22.4 Å². The molecule has 1 heterocycles. The van der Waals surface area contributed by atoms with Gasteiger partial charge in [0.05, 0.1) is 29.9 Å². The summed E-state index contributed by atoms with van der Waals surface area (Å²) in [5.74, 6) is 2.13. The highest BCUT2D eigenvalue weighted by atomic mass is 19.4. The molecule has 10 heteroatoms. The van der Waals surface area contributed by atoms with E-state index in [1.54, 1.807) is 38.1 Å². The van der Waals surface area contributed by atoms with E-state index in [2.05, 4.69) is 19.7 Å². The van der Waals surface area contributed by atoms with Crippen molar-refractivity contribution in [2.45, 2.75) is 39.5 Å². The van der Waals surface area contributed by atoms with Gasteiger partial charge in [0.25, 0.3) is 0 Å². The van der Waals surface area contributed by atoms with E-state index >= 15 is 0 Å². The molecule has 0 aliphatic carbocycles. The number of halogens is 3. The number of nitrogens with zero attached hydrogens (tertiary/aromatic N) is 2. The third-order valence-electron chi connectivity index (χ3n) is 6.89. The van der Waals surface area contributed by atoms with Gasteiger partial charge < -0.3 is 24.3 Å². The summed E-state index contributed by atoms with van der Waals surface area (Å²) < 4.78 is 53.5. The summed E-state index contributed by atoms with van der Waals surface area (Å²) in [7, 11) is 0. The van der Waals surface area contributed by atoms with Crippen LogP contribution in [0.3, 0.4) is 0 Å². The monoisotopic (exact) mass is 603 g/mol. The third-order valence-corrected chi connectivity index (χ3v) is 6.89. The fourth-order valence-corrected chi connectivity index (χ4v) is 4.55. The molecule has 0 atom stereocenters. The van der Waals surface area contributed by atoms with Gasteiger partial charge in [0, 0.05) is 23.4 Å². The van der Waals surface area contributed by atoms with Crippen molar-refractivity contribution in [2.24, 2.45) is 4.99 Å². The molecule has 228 valence electrons. The quantitative estimate of drug-likeness (QED) is 0.110. The lowest BCUT2D eigenvalue weighted by molar-refractivity contribution is -0.274. The maximum atomic E-state index is 12.6. The first-order valence-corrected chi connectivity index (χ1v) is 14.2. The first-order valence-electron chi connectivity index (χ1n) is 14.2. The zero-order valence-corrected chi connectivity index (χ0v) is 24.3. The lowest BCUT2D eigenvalue weighted by Crippen LogP contribution is -2.17. The minimum atomic E-state index is -4.76. The van der Waals surface area contributed by atoms with E-state index in [1.807, 2.05) is 48.5 Å². The Bertz CT molecular complexity index is 1730. The number of aromatic hydroxyl groups is 1. The van der Waals surface area contributed by atoms with Crippen LogP contribution in [0.15, 0.2) is 89.9 Å². The number of H-pyrrole nitrogens is 1. The van der Waals surface area contributed by atoms with Gasteiger partial charge in [-0.3, -0.25) is 4.99 Å². The van der Waals surface area contributed by atoms with E-state index in [0.29, 0.717) is 30.1 Å². The number of aliphatic imine (C=N–C) groups is 1. The molecule has 0 aliphatic rings. The highest BCUT2D eigenvalue weighted by molar-refractivity contribution is 6.00. The fourth-order valence-electron chi connectivity index (χ4n) is 4.55. The molecule has 44 heavy (non-hydrogen) atoms. The highest BCUT2D eigenvalue weighted by Gasteiger charge is 2.31. The number of hydrogen-bond acceptors (Lipinski definition) is 6. The van der Waals surface area contributed by atoms with Crippen molar-refractivity contribution in [3.8, 4) is 34.4 Å². The maximum Gasteiger partial charge on any atom is 0.573 e. The molecular weight excluding hydrogens is 571 g/mol. The van der Waals surface area contributed by atoms with Crippen LogP contribution < -0.4 is 14.2 Å². The number of ether oxygens (including phenoxy) is 3. The van der Waals surface area contributed by atoms with Crippen molar-refractivity contribution >= 4 is 22.4 Å². The number of hydrogen-bond donors (Lipinski definition) is 2. The lowest BCUT2D eigenvalue weighted by atomic mass is 10.1. The van der Waals surface area contributed by atoms with Crippen LogP contribution in [-0.2, 0) is 0 Å². The lowest BCUT2D eigenvalue weighted by Gasteiger charge is -2.11. The molecule has 0 fully saturated rings. The van der Waals surface area contributed by atoms with Crippen LogP contribution in [0.5, 0.6) is 23.0 Å². The number of phenols is 1. The first-order chi connectivity index (χ1) is 21.1. The first kappa shape index (κ1) is 30.5. The van der Waals surface area contributed by atoms with Crippen LogP contribution in [-0.4, -0.2) is 40.4 Å². The van der Waals surface area contributed by atoms with Crippen LogP contribution in [0, 0.1) is 6.92 Å². The Kier molecular flexibility index (Phi) is 9.38.